The SMILES string of the molecule is COc1ccc(C)c(N2CCN(C(=O)CCCNC(=O)NC=O)CC2)c1. The Hall–Kier alpha value is -2.77. The molecule has 142 valence electrons. The van der Waals surface area contributed by atoms with E-state index in [0.29, 0.717) is 38.9 Å². The van der Waals surface area contributed by atoms with Crippen LogP contribution in [0.15, 0.2) is 18.2 Å². The minimum atomic E-state index is -0.547. The Bertz CT molecular complexity index is 642. The number of carbonyl (C=O) groups is 3. The molecule has 0 unspecified atom stereocenters. The number of benzene rings is 1. The van der Waals surface area contributed by atoms with Crippen LogP contribution in [-0.4, -0.2) is 63.1 Å². The van der Waals surface area contributed by atoms with Crippen molar-refractivity contribution in [2.75, 3.05) is 44.7 Å². The van der Waals surface area contributed by atoms with E-state index >= 15 is 0 Å². The van der Waals surface area contributed by atoms with Crippen molar-refractivity contribution in [3.8, 4) is 5.75 Å². The van der Waals surface area contributed by atoms with Gasteiger partial charge in [-0.1, -0.05) is 6.07 Å². The van der Waals surface area contributed by atoms with E-state index in [1.165, 1.54) is 5.56 Å². The lowest BCUT2D eigenvalue weighted by atomic mass is 10.1. The van der Waals surface area contributed by atoms with Crippen LogP contribution in [0.3, 0.4) is 0 Å². The Labute approximate surface area is 153 Å². The zero-order valence-electron chi connectivity index (χ0n) is 15.3. The first-order valence-electron chi connectivity index (χ1n) is 8.70. The average molecular weight is 362 g/mol. The second-order valence-electron chi connectivity index (χ2n) is 6.14. The smallest absolute Gasteiger partial charge is 0.321 e. The molecule has 2 N–H and O–H groups in total. The van der Waals surface area contributed by atoms with Gasteiger partial charge in [0.25, 0.3) is 0 Å². The summed E-state index contributed by atoms with van der Waals surface area (Å²) in [4.78, 5) is 37.6. The maximum atomic E-state index is 12.3. The van der Waals surface area contributed by atoms with Gasteiger partial charge in [-0.2, -0.15) is 0 Å². The molecule has 1 aliphatic heterocycles. The first kappa shape index (κ1) is 19.6. The van der Waals surface area contributed by atoms with Gasteiger partial charge in [0.2, 0.25) is 12.3 Å². The average Bonchev–Trinajstić information content (AvgIpc) is 2.66. The number of urea groups is 1. The van der Waals surface area contributed by atoms with Crippen LogP contribution in [0.25, 0.3) is 0 Å². The molecule has 1 saturated heterocycles. The summed E-state index contributed by atoms with van der Waals surface area (Å²) < 4.78 is 5.30. The van der Waals surface area contributed by atoms with Crippen LogP contribution < -0.4 is 20.3 Å². The van der Waals surface area contributed by atoms with E-state index in [4.69, 9.17) is 4.74 Å². The van der Waals surface area contributed by atoms with E-state index in [1.807, 2.05) is 28.4 Å². The number of nitrogens with one attached hydrogen (secondary N) is 2. The van der Waals surface area contributed by atoms with Gasteiger partial charge in [-0.15, -0.1) is 0 Å². The molecule has 0 spiro atoms. The highest BCUT2D eigenvalue weighted by Crippen LogP contribution is 2.26. The Kier molecular flexibility index (Phi) is 7.25. The van der Waals surface area contributed by atoms with Gasteiger partial charge in [0.05, 0.1) is 7.11 Å². The zero-order chi connectivity index (χ0) is 18.9. The molecule has 2 rings (SSSR count). The molecule has 0 aromatic heterocycles. The summed E-state index contributed by atoms with van der Waals surface area (Å²) in [5.41, 5.74) is 2.33. The summed E-state index contributed by atoms with van der Waals surface area (Å²) in [6.07, 6.45) is 1.24. The zero-order valence-corrected chi connectivity index (χ0v) is 15.3. The molecular formula is C18H26N4O4. The van der Waals surface area contributed by atoms with Crippen LogP contribution in [-0.2, 0) is 9.59 Å². The van der Waals surface area contributed by atoms with Gasteiger partial charge in [0.15, 0.2) is 0 Å². The molecule has 8 heteroatoms. The topological polar surface area (TPSA) is 91.0 Å². The number of hydrogen-bond acceptors (Lipinski definition) is 5. The van der Waals surface area contributed by atoms with Crippen molar-refractivity contribution in [1.82, 2.24) is 15.5 Å². The highest BCUT2D eigenvalue weighted by Gasteiger charge is 2.22. The van der Waals surface area contributed by atoms with Crippen LogP contribution in [0.4, 0.5) is 10.5 Å². The van der Waals surface area contributed by atoms with E-state index in [1.54, 1.807) is 7.11 Å². The van der Waals surface area contributed by atoms with Crippen molar-refractivity contribution in [3.05, 3.63) is 23.8 Å². The van der Waals surface area contributed by atoms with Crippen molar-refractivity contribution >= 4 is 24.0 Å². The van der Waals surface area contributed by atoms with Gasteiger partial charge in [-0.3, -0.25) is 14.9 Å². The van der Waals surface area contributed by atoms with E-state index in [0.717, 1.165) is 24.5 Å². The van der Waals surface area contributed by atoms with Crippen molar-refractivity contribution in [1.29, 1.82) is 0 Å². The van der Waals surface area contributed by atoms with E-state index in [2.05, 4.69) is 17.1 Å². The minimum absolute atomic E-state index is 0.0876. The minimum Gasteiger partial charge on any atom is -0.497 e. The first-order chi connectivity index (χ1) is 12.5. The number of hydrogen-bond donors (Lipinski definition) is 2. The van der Waals surface area contributed by atoms with Gasteiger partial charge in [0, 0.05) is 50.9 Å². The monoisotopic (exact) mass is 362 g/mol. The maximum Gasteiger partial charge on any atom is 0.321 e. The number of ether oxygens (including phenoxy) is 1. The number of imide groups is 1. The third-order valence-electron chi connectivity index (χ3n) is 4.43. The Morgan fingerprint density at radius 1 is 1.23 bits per heavy atom. The molecule has 1 aromatic rings. The summed E-state index contributed by atoms with van der Waals surface area (Å²) in [5, 5.41) is 4.51. The molecule has 1 heterocycles. The van der Waals surface area contributed by atoms with Crippen molar-refractivity contribution in [2.45, 2.75) is 19.8 Å². The van der Waals surface area contributed by atoms with Crippen LogP contribution in [0.5, 0.6) is 5.75 Å². The molecule has 1 aromatic carbocycles. The number of piperazine rings is 1. The summed E-state index contributed by atoms with van der Waals surface area (Å²) in [6, 6.07) is 5.47. The fourth-order valence-electron chi connectivity index (χ4n) is 2.96. The van der Waals surface area contributed by atoms with Crippen molar-refractivity contribution < 1.29 is 19.1 Å². The lowest BCUT2D eigenvalue weighted by Crippen LogP contribution is -2.49. The Balaban J connectivity index is 1.76. The van der Waals surface area contributed by atoms with Crippen molar-refractivity contribution in [2.24, 2.45) is 0 Å². The molecule has 1 fully saturated rings. The fraction of sp³-hybridized carbons (Fsp3) is 0.500. The van der Waals surface area contributed by atoms with Crippen LogP contribution in [0, 0.1) is 6.92 Å². The second-order valence-corrected chi connectivity index (χ2v) is 6.14. The number of rotatable bonds is 7. The molecule has 0 radical (unpaired) electrons. The van der Waals surface area contributed by atoms with Crippen LogP contribution in [0.1, 0.15) is 18.4 Å². The largest absolute Gasteiger partial charge is 0.497 e. The second kappa shape index (κ2) is 9.65. The number of anilines is 1. The van der Waals surface area contributed by atoms with Crippen molar-refractivity contribution in [3.63, 3.8) is 0 Å². The van der Waals surface area contributed by atoms with Gasteiger partial charge >= 0.3 is 6.03 Å². The molecule has 0 atom stereocenters. The molecule has 0 aliphatic carbocycles. The summed E-state index contributed by atoms with van der Waals surface area (Å²) in [5.74, 6) is 0.917. The third-order valence-corrected chi connectivity index (χ3v) is 4.43. The highest BCUT2D eigenvalue weighted by atomic mass is 16.5. The molecule has 8 nitrogen and oxygen atoms in total. The number of methoxy groups -OCH3 is 1. The normalized spacial score (nSPS) is 13.9. The summed E-state index contributed by atoms with van der Waals surface area (Å²) in [7, 11) is 1.66. The lowest BCUT2D eigenvalue weighted by molar-refractivity contribution is -0.131. The predicted octanol–water partition coefficient (Wildman–Crippen LogP) is 0.888. The number of aryl methyl sites for hydroxylation is 1. The summed E-state index contributed by atoms with van der Waals surface area (Å²) >= 11 is 0. The van der Waals surface area contributed by atoms with E-state index in [-0.39, 0.29) is 5.91 Å². The molecule has 26 heavy (non-hydrogen) atoms. The van der Waals surface area contributed by atoms with Gasteiger partial charge < -0.3 is 19.9 Å². The number of amides is 4. The lowest BCUT2D eigenvalue weighted by Gasteiger charge is -2.37. The molecule has 0 saturated carbocycles. The number of carbonyl (C=O) groups excluding carboxylic acids is 3. The highest BCUT2D eigenvalue weighted by molar-refractivity contribution is 5.84. The van der Waals surface area contributed by atoms with Crippen LogP contribution >= 0.6 is 0 Å². The molecule has 4 amide bonds. The first-order valence-corrected chi connectivity index (χ1v) is 8.70. The Morgan fingerprint density at radius 3 is 2.62 bits per heavy atom. The van der Waals surface area contributed by atoms with Gasteiger partial charge in [-0.25, -0.2) is 4.79 Å². The predicted molar refractivity (Wildman–Crippen MR) is 98.4 cm³/mol. The fourth-order valence-corrected chi connectivity index (χ4v) is 2.96. The molecule has 0 bridgehead atoms. The maximum absolute atomic E-state index is 12.3. The van der Waals surface area contributed by atoms with Gasteiger partial charge in [0.1, 0.15) is 5.75 Å². The summed E-state index contributed by atoms with van der Waals surface area (Å²) in [6.45, 7) is 5.33. The van der Waals surface area contributed by atoms with E-state index < -0.39 is 6.03 Å². The quantitative estimate of drug-likeness (QED) is 0.555. The van der Waals surface area contributed by atoms with E-state index in [9.17, 15) is 14.4 Å². The van der Waals surface area contributed by atoms with Gasteiger partial charge in [-0.05, 0) is 25.0 Å². The molecule has 1 aliphatic rings. The Morgan fingerprint density at radius 2 is 1.96 bits per heavy atom. The van der Waals surface area contributed by atoms with Crippen LogP contribution in [0.2, 0.25) is 0 Å². The standard InChI is InChI=1S/C18H26N4O4/c1-14-5-6-15(26-2)12-16(14)21-8-10-22(11-9-21)17(24)4-3-7-19-18(25)20-13-23/h5-6,12-13H,3-4,7-11H2,1-2H3,(H2,19,20,23,25). The third kappa shape index (κ3) is 5.37. The molecular weight excluding hydrogens is 336 g/mol. The number of nitrogens with zero attached hydrogens (tertiary/aromatic N) is 2.